The number of aryl methyl sites for hydroxylation is 1. The van der Waals surface area contributed by atoms with Crippen LogP contribution in [0, 0.1) is 12.7 Å². The molecule has 0 radical (unpaired) electrons. The Balaban J connectivity index is 1.85. The minimum atomic E-state index is -0.340. The zero-order chi connectivity index (χ0) is 17.9. The third kappa shape index (κ3) is 3.09. The molecule has 0 bridgehead atoms. The van der Waals surface area contributed by atoms with Crippen LogP contribution in [0.2, 0.25) is 0 Å². The molecule has 1 N–H and O–H groups in total. The van der Waals surface area contributed by atoms with Crippen LogP contribution in [0.1, 0.15) is 5.56 Å². The molecular weight excluding hydrogens is 327 g/mol. The fraction of sp³-hybridized carbons (Fsp3) is 0.0455. The molecule has 0 unspecified atom stereocenters. The van der Waals surface area contributed by atoms with Gasteiger partial charge in [0.25, 0.3) is 0 Å². The lowest BCUT2D eigenvalue weighted by molar-refractivity contribution is 0.591. The molecule has 0 aliphatic carbocycles. The topological polar surface area (TPSA) is 38.1 Å². The van der Waals surface area contributed by atoms with E-state index in [1.807, 2.05) is 61.5 Å². The minimum Gasteiger partial charge on any atom is -0.420 e. The summed E-state index contributed by atoms with van der Waals surface area (Å²) in [7, 11) is 0. The average Bonchev–Trinajstić information content (AvgIpc) is 3.08. The molecule has 1 heterocycles. The van der Waals surface area contributed by atoms with E-state index in [1.165, 1.54) is 6.07 Å². The molecule has 3 nitrogen and oxygen atoms in total. The predicted octanol–water partition coefficient (Wildman–Crippen LogP) is 6.20. The highest BCUT2D eigenvalue weighted by molar-refractivity contribution is 5.77. The van der Waals surface area contributed by atoms with Crippen molar-refractivity contribution in [3.05, 3.63) is 90.2 Å². The molecule has 0 saturated heterocycles. The van der Waals surface area contributed by atoms with Crippen molar-refractivity contribution in [2.45, 2.75) is 6.92 Å². The van der Waals surface area contributed by atoms with E-state index < -0.39 is 0 Å². The maximum atomic E-state index is 14.4. The fourth-order valence-corrected chi connectivity index (χ4v) is 2.78. The van der Waals surface area contributed by atoms with Crippen molar-refractivity contribution in [2.24, 2.45) is 0 Å². The second-order valence-electron chi connectivity index (χ2n) is 5.98. The summed E-state index contributed by atoms with van der Waals surface area (Å²) in [5, 5.41) is 3.26. The summed E-state index contributed by atoms with van der Waals surface area (Å²) in [5.41, 5.74) is 3.63. The Hall–Kier alpha value is -3.40. The van der Waals surface area contributed by atoms with Crippen LogP contribution in [0.15, 0.2) is 83.3 Å². The molecule has 4 rings (SSSR count). The summed E-state index contributed by atoms with van der Waals surface area (Å²) in [6, 6.07) is 24.0. The van der Waals surface area contributed by atoms with Crippen LogP contribution < -0.4 is 5.32 Å². The van der Waals surface area contributed by atoms with Gasteiger partial charge in [-0.25, -0.2) is 9.37 Å². The molecule has 1 aromatic heterocycles. The molecule has 128 valence electrons. The van der Waals surface area contributed by atoms with Crippen LogP contribution in [0.25, 0.3) is 22.7 Å². The van der Waals surface area contributed by atoms with Gasteiger partial charge in [0.05, 0.1) is 0 Å². The number of aromatic nitrogens is 1. The normalized spacial score (nSPS) is 10.7. The van der Waals surface area contributed by atoms with E-state index in [0.717, 1.165) is 16.8 Å². The van der Waals surface area contributed by atoms with E-state index in [-0.39, 0.29) is 5.82 Å². The van der Waals surface area contributed by atoms with Crippen molar-refractivity contribution in [3.8, 4) is 22.7 Å². The Bertz CT molecular complexity index is 1040. The molecule has 0 atom stereocenters. The zero-order valence-electron chi connectivity index (χ0n) is 14.2. The summed E-state index contributed by atoms with van der Waals surface area (Å²) in [5.74, 6) is 0.524. The number of halogens is 1. The van der Waals surface area contributed by atoms with Crippen molar-refractivity contribution in [3.63, 3.8) is 0 Å². The second-order valence-corrected chi connectivity index (χ2v) is 5.98. The van der Waals surface area contributed by atoms with Crippen LogP contribution in [0.3, 0.4) is 0 Å². The highest BCUT2D eigenvalue weighted by Gasteiger charge is 2.19. The zero-order valence-corrected chi connectivity index (χ0v) is 14.2. The summed E-state index contributed by atoms with van der Waals surface area (Å²) < 4.78 is 20.4. The van der Waals surface area contributed by atoms with Gasteiger partial charge in [-0.1, -0.05) is 48.5 Å². The van der Waals surface area contributed by atoms with Gasteiger partial charge < -0.3 is 9.73 Å². The van der Waals surface area contributed by atoms with E-state index in [0.29, 0.717) is 23.0 Å². The maximum absolute atomic E-state index is 14.4. The summed E-state index contributed by atoms with van der Waals surface area (Å²) in [6.07, 6.45) is 0. The average molecular weight is 344 g/mol. The highest BCUT2D eigenvalue weighted by atomic mass is 19.1. The van der Waals surface area contributed by atoms with Gasteiger partial charge >= 0.3 is 0 Å². The van der Waals surface area contributed by atoms with Gasteiger partial charge in [-0.3, -0.25) is 0 Å². The van der Waals surface area contributed by atoms with E-state index >= 15 is 0 Å². The third-order valence-corrected chi connectivity index (χ3v) is 4.17. The Morgan fingerprint density at radius 3 is 2.31 bits per heavy atom. The molecule has 0 aliphatic heterocycles. The Labute approximate surface area is 151 Å². The first-order valence-electron chi connectivity index (χ1n) is 8.36. The fourth-order valence-electron chi connectivity index (χ4n) is 2.78. The second kappa shape index (κ2) is 6.84. The smallest absolute Gasteiger partial charge is 0.229 e. The molecule has 0 fully saturated rings. The number of para-hydroxylation sites is 1. The van der Waals surface area contributed by atoms with Gasteiger partial charge in [0.15, 0.2) is 0 Å². The quantitative estimate of drug-likeness (QED) is 0.479. The first-order chi connectivity index (χ1) is 12.7. The molecular formula is C22H17FN2O. The number of rotatable bonds is 4. The molecule has 4 aromatic rings. The largest absolute Gasteiger partial charge is 0.420 e. The van der Waals surface area contributed by atoms with Crippen molar-refractivity contribution in [1.29, 1.82) is 0 Å². The standard InChI is InChI=1S/C22H17FN2O/c1-15-9-5-8-14-19(15)24-22-20(17-12-6-7-13-18(17)23)25-21(26-22)16-10-3-2-4-11-16/h2-14,24H,1H3. The molecule has 0 spiro atoms. The summed E-state index contributed by atoms with van der Waals surface area (Å²) in [4.78, 5) is 4.57. The van der Waals surface area contributed by atoms with Crippen LogP contribution in [0.5, 0.6) is 0 Å². The summed E-state index contributed by atoms with van der Waals surface area (Å²) >= 11 is 0. The number of nitrogens with zero attached hydrogens (tertiary/aromatic N) is 1. The molecule has 0 saturated carbocycles. The lowest BCUT2D eigenvalue weighted by Gasteiger charge is -2.08. The van der Waals surface area contributed by atoms with Crippen molar-refractivity contribution in [1.82, 2.24) is 4.98 Å². The number of benzene rings is 3. The minimum absolute atomic E-state index is 0.340. The lowest BCUT2D eigenvalue weighted by atomic mass is 10.1. The van der Waals surface area contributed by atoms with Crippen LogP contribution in [-0.2, 0) is 0 Å². The van der Waals surface area contributed by atoms with E-state index in [9.17, 15) is 4.39 Å². The van der Waals surface area contributed by atoms with Crippen LogP contribution >= 0.6 is 0 Å². The first-order valence-corrected chi connectivity index (χ1v) is 8.36. The number of hydrogen-bond donors (Lipinski definition) is 1. The molecule has 4 heteroatoms. The van der Waals surface area contributed by atoms with E-state index in [2.05, 4.69) is 10.3 Å². The van der Waals surface area contributed by atoms with E-state index in [4.69, 9.17) is 4.42 Å². The van der Waals surface area contributed by atoms with Crippen molar-refractivity contribution >= 4 is 11.6 Å². The van der Waals surface area contributed by atoms with Crippen LogP contribution in [-0.4, -0.2) is 4.98 Å². The number of anilines is 2. The first kappa shape index (κ1) is 16.1. The molecule has 3 aromatic carbocycles. The SMILES string of the molecule is Cc1ccccc1Nc1oc(-c2ccccc2)nc1-c1ccccc1F. The Morgan fingerprint density at radius 1 is 0.846 bits per heavy atom. The third-order valence-electron chi connectivity index (χ3n) is 4.17. The highest BCUT2D eigenvalue weighted by Crippen LogP contribution is 2.36. The van der Waals surface area contributed by atoms with Gasteiger partial charge in [-0.05, 0) is 42.8 Å². The van der Waals surface area contributed by atoms with E-state index in [1.54, 1.807) is 18.2 Å². The lowest BCUT2D eigenvalue weighted by Crippen LogP contribution is -1.94. The van der Waals surface area contributed by atoms with Gasteiger partial charge in [-0.15, -0.1) is 0 Å². The van der Waals surface area contributed by atoms with Gasteiger partial charge in [0.2, 0.25) is 11.8 Å². The van der Waals surface area contributed by atoms with Gasteiger partial charge in [-0.2, -0.15) is 0 Å². The van der Waals surface area contributed by atoms with Crippen molar-refractivity contribution < 1.29 is 8.81 Å². The Kier molecular flexibility index (Phi) is 4.23. The van der Waals surface area contributed by atoms with Crippen LogP contribution in [0.4, 0.5) is 16.0 Å². The predicted molar refractivity (Wildman–Crippen MR) is 102 cm³/mol. The molecule has 0 aliphatic rings. The van der Waals surface area contributed by atoms with Crippen molar-refractivity contribution in [2.75, 3.05) is 5.32 Å². The maximum Gasteiger partial charge on any atom is 0.229 e. The Morgan fingerprint density at radius 2 is 1.54 bits per heavy atom. The van der Waals surface area contributed by atoms with Gasteiger partial charge in [0, 0.05) is 16.8 Å². The number of nitrogens with one attached hydrogen (secondary N) is 1. The number of hydrogen-bond acceptors (Lipinski definition) is 3. The van der Waals surface area contributed by atoms with Gasteiger partial charge in [0.1, 0.15) is 11.5 Å². The monoisotopic (exact) mass is 344 g/mol. The number of oxazole rings is 1. The summed E-state index contributed by atoms with van der Waals surface area (Å²) in [6.45, 7) is 2.00. The molecule has 26 heavy (non-hydrogen) atoms. The molecule has 0 amide bonds.